The van der Waals surface area contributed by atoms with E-state index in [-0.39, 0.29) is 11.3 Å². The van der Waals surface area contributed by atoms with Crippen LogP contribution in [0, 0.1) is 5.41 Å². The maximum Gasteiger partial charge on any atom is 0.222 e. The van der Waals surface area contributed by atoms with Crippen LogP contribution in [0.15, 0.2) is 30.5 Å². The molecule has 0 bridgehead atoms. The first-order chi connectivity index (χ1) is 9.93. The van der Waals surface area contributed by atoms with Crippen LogP contribution in [-0.4, -0.2) is 35.9 Å². The molecule has 0 aliphatic heterocycles. The van der Waals surface area contributed by atoms with Crippen molar-refractivity contribution in [1.82, 2.24) is 9.88 Å². The number of carbonyl (C=O) groups excluding carboxylic acids is 1. The second kappa shape index (κ2) is 6.31. The Kier molecular flexibility index (Phi) is 4.68. The molecule has 1 amide bonds. The van der Waals surface area contributed by atoms with Crippen LogP contribution in [0.1, 0.15) is 25.8 Å². The second-order valence-electron chi connectivity index (χ2n) is 6.48. The van der Waals surface area contributed by atoms with Crippen LogP contribution >= 0.6 is 0 Å². The van der Waals surface area contributed by atoms with Gasteiger partial charge in [-0.05, 0) is 30.0 Å². The number of nitrogens with zero attached hydrogens (tertiary/aromatic N) is 1. The molecule has 0 aliphatic carbocycles. The van der Waals surface area contributed by atoms with E-state index in [0.29, 0.717) is 19.5 Å². The largest absolute Gasteiger partial charge is 0.361 e. The Labute approximate surface area is 126 Å². The van der Waals surface area contributed by atoms with Crippen LogP contribution in [0.2, 0.25) is 0 Å². The average Bonchev–Trinajstić information content (AvgIpc) is 2.87. The van der Waals surface area contributed by atoms with Crippen molar-refractivity contribution in [2.24, 2.45) is 11.1 Å². The highest BCUT2D eigenvalue weighted by atomic mass is 16.2. The summed E-state index contributed by atoms with van der Waals surface area (Å²) in [4.78, 5) is 17.3. The molecule has 114 valence electrons. The summed E-state index contributed by atoms with van der Waals surface area (Å²) in [5, 5.41) is 1.20. The lowest BCUT2D eigenvalue weighted by Gasteiger charge is -2.29. The number of H-pyrrole nitrogens is 1. The number of aromatic amines is 1. The van der Waals surface area contributed by atoms with Gasteiger partial charge in [-0.2, -0.15) is 0 Å². The van der Waals surface area contributed by atoms with Gasteiger partial charge in [0.2, 0.25) is 5.91 Å². The molecule has 0 saturated heterocycles. The summed E-state index contributed by atoms with van der Waals surface area (Å²) in [5.74, 6) is 0.168. The molecule has 4 nitrogen and oxygen atoms in total. The molecule has 0 fully saturated rings. The minimum absolute atomic E-state index is 0.0365. The van der Waals surface area contributed by atoms with Crippen molar-refractivity contribution in [3.05, 3.63) is 36.0 Å². The van der Waals surface area contributed by atoms with E-state index in [4.69, 9.17) is 5.73 Å². The van der Waals surface area contributed by atoms with Gasteiger partial charge in [0.15, 0.2) is 0 Å². The SMILES string of the molecule is CN(CC(C)(C)CN)C(=O)CCc1c[nH]c2ccccc12. The molecule has 1 heterocycles. The van der Waals surface area contributed by atoms with Crippen molar-refractivity contribution >= 4 is 16.8 Å². The Morgan fingerprint density at radius 2 is 2.05 bits per heavy atom. The normalized spacial score (nSPS) is 11.8. The number of hydrogen-bond donors (Lipinski definition) is 2. The third kappa shape index (κ3) is 3.85. The Hall–Kier alpha value is -1.81. The van der Waals surface area contributed by atoms with Crippen molar-refractivity contribution in [2.45, 2.75) is 26.7 Å². The Balaban J connectivity index is 1.95. The summed E-state index contributed by atoms with van der Waals surface area (Å²) in [5.41, 5.74) is 8.01. The first kappa shape index (κ1) is 15.6. The summed E-state index contributed by atoms with van der Waals surface area (Å²) >= 11 is 0. The van der Waals surface area contributed by atoms with Gasteiger partial charge in [-0.15, -0.1) is 0 Å². The fourth-order valence-corrected chi connectivity index (χ4v) is 2.57. The standard InChI is InChI=1S/C17H25N3O/c1-17(2,11-18)12-20(3)16(21)9-8-13-10-19-15-7-5-4-6-14(13)15/h4-7,10,19H,8-9,11-12,18H2,1-3H3. The van der Waals surface area contributed by atoms with Gasteiger partial charge in [0, 0.05) is 37.1 Å². The molecule has 0 unspecified atom stereocenters. The van der Waals surface area contributed by atoms with Gasteiger partial charge in [-0.3, -0.25) is 4.79 Å². The average molecular weight is 287 g/mol. The molecule has 0 aliphatic rings. The van der Waals surface area contributed by atoms with E-state index in [0.717, 1.165) is 11.9 Å². The topological polar surface area (TPSA) is 62.1 Å². The molecule has 0 spiro atoms. The van der Waals surface area contributed by atoms with E-state index < -0.39 is 0 Å². The van der Waals surface area contributed by atoms with E-state index in [9.17, 15) is 4.79 Å². The zero-order chi connectivity index (χ0) is 15.5. The lowest BCUT2D eigenvalue weighted by molar-refractivity contribution is -0.131. The van der Waals surface area contributed by atoms with Crippen molar-refractivity contribution in [3.8, 4) is 0 Å². The Morgan fingerprint density at radius 1 is 1.33 bits per heavy atom. The fourth-order valence-electron chi connectivity index (χ4n) is 2.57. The minimum Gasteiger partial charge on any atom is -0.361 e. The summed E-state index contributed by atoms with van der Waals surface area (Å²) in [7, 11) is 1.86. The van der Waals surface area contributed by atoms with E-state index in [1.54, 1.807) is 4.90 Å². The summed E-state index contributed by atoms with van der Waals surface area (Å²) in [6.45, 7) is 5.43. The third-order valence-electron chi connectivity index (χ3n) is 3.93. The van der Waals surface area contributed by atoms with Gasteiger partial charge < -0.3 is 15.6 Å². The maximum absolute atomic E-state index is 12.2. The molecular weight excluding hydrogens is 262 g/mol. The van der Waals surface area contributed by atoms with E-state index in [1.807, 2.05) is 25.4 Å². The van der Waals surface area contributed by atoms with Crippen LogP contribution in [0.4, 0.5) is 0 Å². The summed E-state index contributed by atoms with van der Waals surface area (Å²) in [6, 6.07) is 8.18. The second-order valence-corrected chi connectivity index (χ2v) is 6.48. The smallest absolute Gasteiger partial charge is 0.222 e. The molecule has 3 N–H and O–H groups in total. The fraction of sp³-hybridized carbons (Fsp3) is 0.471. The quantitative estimate of drug-likeness (QED) is 0.857. The molecule has 4 heteroatoms. The lowest BCUT2D eigenvalue weighted by atomic mass is 9.93. The Bertz CT molecular complexity index is 615. The van der Waals surface area contributed by atoms with Gasteiger partial charge in [0.05, 0.1) is 0 Å². The van der Waals surface area contributed by atoms with Crippen molar-refractivity contribution < 1.29 is 4.79 Å². The number of carbonyl (C=O) groups is 1. The minimum atomic E-state index is -0.0365. The molecule has 1 aromatic heterocycles. The number of nitrogens with one attached hydrogen (secondary N) is 1. The van der Waals surface area contributed by atoms with Crippen molar-refractivity contribution in [2.75, 3.05) is 20.1 Å². The number of nitrogens with two attached hydrogens (primary N) is 1. The molecule has 0 radical (unpaired) electrons. The zero-order valence-electron chi connectivity index (χ0n) is 13.1. The lowest BCUT2D eigenvalue weighted by Crippen LogP contribution is -2.39. The predicted molar refractivity (Wildman–Crippen MR) is 87.1 cm³/mol. The van der Waals surface area contributed by atoms with E-state index in [2.05, 4.69) is 31.0 Å². The highest BCUT2D eigenvalue weighted by molar-refractivity contribution is 5.84. The highest BCUT2D eigenvalue weighted by Gasteiger charge is 2.21. The summed E-state index contributed by atoms with van der Waals surface area (Å²) in [6.07, 6.45) is 3.29. The molecular formula is C17H25N3O. The van der Waals surface area contributed by atoms with E-state index in [1.165, 1.54) is 10.9 Å². The van der Waals surface area contributed by atoms with Gasteiger partial charge in [-0.25, -0.2) is 0 Å². The molecule has 2 rings (SSSR count). The molecule has 2 aromatic rings. The number of rotatable bonds is 6. The number of hydrogen-bond acceptors (Lipinski definition) is 2. The number of fused-ring (bicyclic) bond motifs is 1. The molecule has 0 saturated carbocycles. The number of para-hydroxylation sites is 1. The van der Waals surface area contributed by atoms with Crippen LogP contribution in [0.25, 0.3) is 10.9 Å². The monoisotopic (exact) mass is 287 g/mol. The first-order valence-electron chi connectivity index (χ1n) is 7.42. The van der Waals surface area contributed by atoms with Gasteiger partial charge in [0.1, 0.15) is 0 Å². The van der Waals surface area contributed by atoms with E-state index >= 15 is 0 Å². The number of aryl methyl sites for hydroxylation is 1. The highest BCUT2D eigenvalue weighted by Crippen LogP contribution is 2.20. The van der Waals surface area contributed by atoms with Gasteiger partial charge >= 0.3 is 0 Å². The third-order valence-corrected chi connectivity index (χ3v) is 3.93. The zero-order valence-corrected chi connectivity index (χ0v) is 13.1. The number of amides is 1. The number of aromatic nitrogens is 1. The van der Waals surface area contributed by atoms with Crippen LogP contribution in [0.5, 0.6) is 0 Å². The molecule has 0 atom stereocenters. The van der Waals surface area contributed by atoms with Crippen LogP contribution < -0.4 is 5.73 Å². The molecule has 1 aromatic carbocycles. The first-order valence-corrected chi connectivity index (χ1v) is 7.42. The van der Waals surface area contributed by atoms with Crippen LogP contribution in [0.3, 0.4) is 0 Å². The van der Waals surface area contributed by atoms with Crippen molar-refractivity contribution in [1.29, 1.82) is 0 Å². The van der Waals surface area contributed by atoms with Gasteiger partial charge in [0.25, 0.3) is 0 Å². The maximum atomic E-state index is 12.2. The van der Waals surface area contributed by atoms with Crippen molar-refractivity contribution in [3.63, 3.8) is 0 Å². The van der Waals surface area contributed by atoms with Crippen LogP contribution in [-0.2, 0) is 11.2 Å². The Morgan fingerprint density at radius 3 is 2.76 bits per heavy atom. The summed E-state index contributed by atoms with van der Waals surface area (Å²) < 4.78 is 0. The predicted octanol–water partition coefficient (Wildman–Crippen LogP) is 2.54. The molecule has 21 heavy (non-hydrogen) atoms. The van der Waals surface area contributed by atoms with Gasteiger partial charge in [-0.1, -0.05) is 32.0 Å². The number of benzene rings is 1.